The Balaban J connectivity index is 1.80. The molecule has 2 aromatic carbocycles. The van der Waals surface area contributed by atoms with Crippen molar-refractivity contribution in [3.8, 4) is 5.69 Å². The minimum Gasteiger partial charge on any atom is -0.465 e. The van der Waals surface area contributed by atoms with Crippen LogP contribution in [0.15, 0.2) is 58.1 Å². The molecule has 216 valence electrons. The standard InChI is InChI=1S/C25H22ClF3N6O6/c1-40-21(37)14-6-8-15(9-7-14)33-20-18(19(36)31-23(33)39)34(17-5-3-2-4-16(17)26)24(32-12-10-30-11-13-32)35(20)41-22(38)25(27,28)29/h2-9,24,30H,10-13H2,1H3,(H,31,36,39). The quantitative estimate of drug-likeness (QED) is 0.424. The molecular formula is C25H22ClF3N6O6. The molecule has 12 nitrogen and oxygen atoms in total. The first-order valence-electron chi connectivity index (χ1n) is 12.2. The molecule has 0 bridgehead atoms. The van der Waals surface area contributed by atoms with E-state index < -0.39 is 41.5 Å². The van der Waals surface area contributed by atoms with Gasteiger partial charge in [0.2, 0.25) is 6.29 Å². The summed E-state index contributed by atoms with van der Waals surface area (Å²) in [6.45, 7) is 1.41. The first kappa shape index (κ1) is 28.2. The van der Waals surface area contributed by atoms with Crippen LogP contribution in [0.5, 0.6) is 0 Å². The van der Waals surface area contributed by atoms with Crippen LogP contribution in [-0.4, -0.2) is 72.1 Å². The molecule has 0 amide bonds. The molecule has 5 rings (SSSR count). The van der Waals surface area contributed by atoms with E-state index in [1.807, 2.05) is 0 Å². The third-order valence-electron chi connectivity index (χ3n) is 6.50. The molecule has 1 fully saturated rings. The molecule has 2 N–H and O–H groups in total. The van der Waals surface area contributed by atoms with Gasteiger partial charge in [0.25, 0.3) is 5.56 Å². The summed E-state index contributed by atoms with van der Waals surface area (Å²) >= 11 is 6.50. The number of fused-ring (bicyclic) bond motifs is 1. The van der Waals surface area contributed by atoms with Crippen molar-refractivity contribution < 1.29 is 32.3 Å². The van der Waals surface area contributed by atoms with Gasteiger partial charge in [-0.2, -0.15) is 13.2 Å². The highest BCUT2D eigenvalue weighted by molar-refractivity contribution is 6.33. The molecule has 2 aliphatic rings. The normalized spacial score (nSPS) is 17.3. The number of aromatic amines is 1. The van der Waals surface area contributed by atoms with Crippen LogP contribution in [0.3, 0.4) is 0 Å². The van der Waals surface area contributed by atoms with Crippen molar-refractivity contribution in [3.05, 3.63) is 80.0 Å². The lowest BCUT2D eigenvalue weighted by molar-refractivity contribution is -0.203. The smallest absolute Gasteiger partial charge is 0.465 e. The van der Waals surface area contributed by atoms with E-state index in [9.17, 15) is 32.3 Å². The Hall–Kier alpha value is -4.34. The molecule has 3 aromatic rings. The van der Waals surface area contributed by atoms with Crippen LogP contribution in [-0.2, 0) is 14.4 Å². The van der Waals surface area contributed by atoms with Crippen molar-refractivity contribution in [2.75, 3.05) is 43.3 Å². The van der Waals surface area contributed by atoms with Gasteiger partial charge in [0.05, 0.1) is 29.1 Å². The summed E-state index contributed by atoms with van der Waals surface area (Å²) in [5.74, 6) is -3.68. The number of anilines is 3. The van der Waals surface area contributed by atoms with Gasteiger partial charge in [-0.3, -0.25) is 19.6 Å². The minimum absolute atomic E-state index is 0.0447. The molecule has 1 unspecified atom stereocenters. The SMILES string of the molecule is COC(=O)c1ccc(-n2c3c(c(=O)[nH]c2=O)N(c2ccccc2Cl)C(N2CCNCC2)N3OC(=O)C(F)(F)F)cc1. The Morgan fingerprint density at radius 3 is 2.29 bits per heavy atom. The fraction of sp³-hybridized carbons (Fsp3) is 0.280. The number of methoxy groups -OCH3 is 1. The number of nitrogens with one attached hydrogen (secondary N) is 2. The highest BCUT2D eigenvalue weighted by Crippen LogP contribution is 2.45. The molecule has 0 aliphatic carbocycles. The van der Waals surface area contributed by atoms with Gasteiger partial charge in [-0.25, -0.2) is 19.0 Å². The second-order valence-corrected chi connectivity index (χ2v) is 9.37. The number of hydrogen-bond donors (Lipinski definition) is 2. The molecule has 0 radical (unpaired) electrons. The van der Waals surface area contributed by atoms with E-state index in [0.717, 1.165) is 4.57 Å². The number of H-pyrrole nitrogens is 1. The summed E-state index contributed by atoms with van der Waals surface area (Å²) in [5.41, 5.74) is -1.91. The number of benzene rings is 2. The van der Waals surface area contributed by atoms with E-state index in [0.29, 0.717) is 18.2 Å². The number of rotatable bonds is 5. The summed E-state index contributed by atoms with van der Waals surface area (Å²) in [7, 11) is 1.18. The average Bonchev–Trinajstić information content (AvgIpc) is 3.27. The first-order chi connectivity index (χ1) is 19.5. The van der Waals surface area contributed by atoms with Crippen LogP contribution in [0.1, 0.15) is 10.4 Å². The van der Waals surface area contributed by atoms with Crippen LogP contribution in [0.25, 0.3) is 5.69 Å². The molecule has 0 saturated carbocycles. The minimum atomic E-state index is -5.40. The predicted octanol–water partition coefficient (Wildman–Crippen LogP) is 2.13. The van der Waals surface area contributed by atoms with Gasteiger partial charge in [-0.15, -0.1) is 5.06 Å². The van der Waals surface area contributed by atoms with Crippen molar-refractivity contribution in [2.24, 2.45) is 0 Å². The largest absolute Gasteiger partial charge is 0.493 e. The number of esters is 1. The van der Waals surface area contributed by atoms with Crippen LogP contribution >= 0.6 is 11.6 Å². The van der Waals surface area contributed by atoms with Crippen LogP contribution < -0.4 is 26.5 Å². The van der Waals surface area contributed by atoms with Gasteiger partial charge in [-0.05, 0) is 36.4 Å². The summed E-state index contributed by atoms with van der Waals surface area (Å²) in [6, 6.07) is 11.6. The van der Waals surface area contributed by atoms with Gasteiger partial charge in [0.15, 0.2) is 11.5 Å². The molecule has 41 heavy (non-hydrogen) atoms. The first-order valence-corrected chi connectivity index (χ1v) is 12.6. The van der Waals surface area contributed by atoms with Crippen molar-refractivity contribution in [2.45, 2.75) is 12.5 Å². The predicted molar refractivity (Wildman–Crippen MR) is 140 cm³/mol. The maximum atomic E-state index is 13.5. The molecule has 2 aliphatic heterocycles. The van der Waals surface area contributed by atoms with Crippen LogP contribution in [0, 0.1) is 0 Å². The number of hydroxylamine groups is 1. The topological polar surface area (TPSA) is 129 Å². The second kappa shape index (κ2) is 10.9. The fourth-order valence-corrected chi connectivity index (χ4v) is 4.94. The number of aromatic nitrogens is 2. The van der Waals surface area contributed by atoms with E-state index >= 15 is 0 Å². The number of halogens is 4. The van der Waals surface area contributed by atoms with Crippen molar-refractivity contribution >= 4 is 40.7 Å². The van der Waals surface area contributed by atoms with Gasteiger partial charge in [0, 0.05) is 26.2 Å². The van der Waals surface area contributed by atoms with Crippen molar-refractivity contribution in [1.29, 1.82) is 0 Å². The number of nitrogens with zero attached hydrogens (tertiary/aromatic N) is 4. The number of carbonyl (C=O) groups is 2. The Morgan fingerprint density at radius 2 is 1.68 bits per heavy atom. The van der Waals surface area contributed by atoms with E-state index in [2.05, 4.69) is 15.0 Å². The van der Waals surface area contributed by atoms with Crippen molar-refractivity contribution in [3.63, 3.8) is 0 Å². The number of ether oxygens (including phenoxy) is 1. The van der Waals surface area contributed by atoms with E-state index in [-0.39, 0.29) is 40.7 Å². The number of piperazine rings is 1. The highest BCUT2D eigenvalue weighted by Gasteiger charge is 2.51. The zero-order valence-electron chi connectivity index (χ0n) is 21.3. The Labute approximate surface area is 234 Å². The number of alkyl halides is 3. The summed E-state index contributed by atoms with van der Waals surface area (Å²) < 4.78 is 46.2. The second-order valence-electron chi connectivity index (χ2n) is 8.96. The molecule has 3 heterocycles. The van der Waals surface area contributed by atoms with E-state index in [1.54, 1.807) is 17.0 Å². The fourth-order valence-electron chi connectivity index (χ4n) is 4.72. The Kier molecular flexibility index (Phi) is 7.50. The van der Waals surface area contributed by atoms with E-state index in [4.69, 9.17) is 16.4 Å². The number of hydrogen-bond acceptors (Lipinski definition) is 10. The molecule has 16 heteroatoms. The lowest BCUT2D eigenvalue weighted by atomic mass is 10.2. The monoisotopic (exact) mass is 594 g/mol. The van der Waals surface area contributed by atoms with Crippen LogP contribution in [0.2, 0.25) is 5.02 Å². The summed E-state index contributed by atoms with van der Waals surface area (Å²) in [6.07, 6.45) is -6.75. The molecule has 1 saturated heterocycles. The molecule has 1 aromatic heterocycles. The van der Waals surface area contributed by atoms with Crippen molar-refractivity contribution in [1.82, 2.24) is 19.8 Å². The Bertz CT molecular complexity index is 1600. The molecular weight excluding hydrogens is 573 g/mol. The maximum Gasteiger partial charge on any atom is 0.493 e. The van der Waals surface area contributed by atoms with Gasteiger partial charge >= 0.3 is 23.8 Å². The van der Waals surface area contributed by atoms with E-state index in [1.165, 1.54) is 48.4 Å². The summed E-state index contributed by atoms with van der Waals surface area (Å²) in [4.78, 5) is 61.0. The average molecular weight is 595 g/mol. The van der Waals surface area contributed by atoms with Gasteiger partial charge in [0.1, 0.15) is 0 Å². The summed E-state index contributed by atoms with van der Waals surface area (Å²) in [5, 5.41) is 3.87. The molecule has 0 spiro atoms. The number of carbonyl (C=O) groups excluding carboxylic acids is 2. The Morgan fingerprint density at radius 1 is 1.02 bits per heavy atom. The van der Waals surface area contributed by atoms with Gasteiger partial charge < -0.3 is 14.9 Å². The lowest BCUT2D eigenvalue weighted by Gasteiger charge is -2.41. The van der Waals surface area contributed by atoms with Gasteiger partial charge in [-0.1, -0.05) is 23.7 Å². The zero-order chi connectivity index (χ0) is 29.5. The number of para-hydroxylation sites is 1. The zero-order valence-corrected chi connectivity index (χ0v) is 22.0. The van der Waals surface area contributed by atoms with Crippen LogP contribution in [0.4, 0.5) is 30.4 Å². The third kappa shape index (κ3) is 5.14. The molecule has 1 atom stereocenters. The third-order valence-corrected chi connectivity index (χ3v) is 6.82. The highest BCUT2D eigenvalue weighted by atomic mass is 35.5. The lowest BCUT2D eigenvalue weighted by Crippen LogP contribution is -2.60. The maximum absolute atomic E-state index is 13.5.